The van der Waals surface area contributed by atoms with Gasteiger partial charge in [0.1, 0.15) is 0 Å². The van der Waals surface area contributed by atoms with Crippen molar-refractivity contribution in [1.29, 1.82) is 0 Å². The summed E-state index contributed by atoms with van der Waals surface area (Å²) in [5.74, 6) is 4.90. The average molecular weight is 289 g/mol. The maximum atomic E-state index is 6.57. The van der Waals surface area contributed by atoms with Crippen molar-refractivity contribution < 1.29 is 4.52 Å². The number of nitrogens with two attached hydrogens (primary N) is 1. The van der Waals surface area contributed by atoms with Gasteiger partial charge in [-0.05, 0) is 55.8 Å². The van der Waals surface area contributed by atoms with Crippen LogP contribution in [0, 0.1) is 23.7 Å². The van der Waals surface area contributed by atoms with Gasteiger partial charge in [0.2, 0.25) is 5.89 Å². The third-order valence-corrected chi connectivity index (χ3v) is 6.27. The second-order valence-corrected chi connectivity index (χ2v) is 8.01. The third kappa shape index (κ3) is 2.52. The second-order valence-electron chi connectivity index (χ2n) is 8.01. The van der Waals surface area contributed by atoms with Gasteiger partial charge in [0.25, 0.3) is 0 Å². The quantitative estimate of drug-likeness (QED) is 0.926. The molecule has 0 aromatic carbocycles. The Balaban J connectivity index is 1.45. The van der Waals surface area contributed by atoms with E-state index in [0.29, 0.717) is 5.92 Å². The predicted molar refractivity (Wildman–Crippen MR) is 80.4 cm³/mol. The SMILES string of the molecule is CC1CCCC(N)(c2noc(CC3CC4CCC3C4)n2)C1. The Kier molecular flexibility index (Phi) is 3.32. The molecule has 4 rings (SSSR count). The Bertz CT molecular complexity index is 514. The van der Waals surface area contributed by atoms with Crippen LogP contribution in [-0.2, 0) is 12.0 Å². The Morgan fingerprint density at radius 3 is 2.90 bits per heavy atom. The molecule has 3 aliphatic rings. The van der Waals surface area contributed by atoms with Gasteiger partial charge >= 0.3 is 0 Å². The zero-order valence-corrected chi connectivity index (χ0v) is 13.1. The van der Waals surface area contributed by atoms with E-state index >= 15 is 0 Å². The number of aromatic nitrogens is 2. The highest BCUT2D eigenvalue weighted by Crippen LogP contribution is 2.49. The normalized spacial score (nSPS) is 42.6. The van der Waals surface area contributed by atoms with Crippen molar-refractivity contribution in [3.05, 3.63) is 11.7 Å². The van der Waals surface area contributed by atoms with E-state index in [1.54, 1.807) is 0 Å². The highest BCUT2D eigenvalue weighted by atomic mass is 16.5. The van der Waals surface area contributed by atoms with E-state index in [2.05, 4.69) is 17.1 Å². The lowest BCUT2D eigenvalue weighted by Crippen LogP contribution is -2.42. The van der Waals surface area contributed by atoms with Gasteiger partial charge in [-0.2, -0.15) is 4.98 Å². The average Bonchev–Trinajstić information content (AvgIpc) is 3.14. The van der Waals surface area contributed by atoms with Crippen LogP contribution >= 0.6 is 0 Å². The minimum Gasteiger partial charge on any atom is -0.339 e. The first-order chi connectivity index (χ1) is 10.1. The Morgan fingerprint density at radius 2 is 2.19 bits per heavy atom. The molecule has 0 saturated heterocycles. The maximum absolute atomic E-state index is 6.57. The molecule has 3 saturated carbocycles. The summed E-state index contributed by atoms with van der Waals surface area (Å²) in [4.78, 5) is 4.68. The molecule has 21 heavy (non-hydrogen) atoms. The number of fused-ring (bicyclic) bond motifs is 2. The van der Waals surface area contributed by atoms with Crippen LogP contribution in [0.15, 0.2) is 4.52 Å². The van der Waals surface area contributed by atoms with Crippen LogP contribution < -0.4 is 5.73 Å². The van der Waals surface area contributed by atoms with Crippen LogP contribution in [0.4, 0.5) is 0 Å². The van der Waals surface area contributed by atoms with Gasteiger partial charge in [0.15, 0.2) is 5.82 Å². The summed E-state index contributed by atoms with van der Waals surface area (Å²) in [6.45, 7) is 2.27. The Hall–Kier alpha value is -0.900. The summed E-state index contributed by atoms with van der Waals surface area (Å²) >= 11 is 0. The Labute approximate surface area is 126 Å². The summed E-state index contributed by atoms with van der Waals surface area (Å²) in [6, 6.07) is 0. The fourth-order valence-electron chi connectivity index (χ4n) is 5.19. The van der Waals surface area contributed by atoms with Crippen molar-refractivity contribution in [1.82, 2.24) is 10.1 Å². The number of rotatable bonds is 3. The van der Waals surface area contributed by atoms with E-state index in [-0.39, 0.29) is 5.54 Å². The van der Waals surface area contributed by atoms with Gasteiger partial charge in [-0.15, -0.1) is 0 Å². The van der Waals surface area contributed by atoms with Crippen LogP contribution in [0.5, 0.6) is 0 Å². The molecule has 1 aromatic heterocycles. The number of hydrogen-bond donors (Lipinski definition) is 1. The van der Waals surface area contributed by atoms with Gasteiger partial charge in [-0.25, -0.2) is 0 Å². The molecule has 0 aliphatic heterocycles. The van der Waals surface area contributed by atoms with Crippen molar-refractivity contribution in [3.63, 3.8) is 0 Å². The fraction of sp³-hybridized carbons (Fsp3) is 0.882. The van der Waals surface area contributed by atoms with E-state index in [4.69, 9.17) is 10.3 Å². The van der Waals surface area contributed by atoms with Gasteiger partial charge in [0.05, 0.1) is 5.54 Å². The molecule has 2 bridgehead atoms. The summed E-state index contributed by atoms with van der Waals surface area (Å²) in [7, 11) is 0. The second kappa shape index (κ2) is 5.08. The highest BCUT2D eigenvalue weighted by Gasteiger charge is 2.41. The zero-order chi connectivity index (χ0) is 14.4. The molecule has 3 aliphatic carbocycles. The van der Waals surface area contributed by atoms with Crippen molar-refractivity contribution in [2.45, 2.75) is 70.3 Å². The lowest BCUT2D eigenvalue weighted by Gasteiger charge is -2.33. The smallest absolute Gasteiger partial charge is 0.227 e. The van der Waals surface area contributed by atoms with Crippen molar-refractivity contribution >= 4 is 0 Å². The van der Waals surface area contributed by atoms with E-state index < -0.39 is 0 Å². The summed E-state index contributed by atoms with van der Waals surface area (Å²) in [5, 5.41) is 4.24. The molecule has 1 heterocycles. The van der Waals surface area contributed by atoms with Gasteiger partial charge < -0.3 is 10.3 Å². The monoisotopic (exact) mass is 289 g/mol. The molecular weight excluding hydrogens is 262 g/mol. The van der Waals surface area contributed by atoms with Crippen molar-refractivity contribution in [2.75, 3.05) is 0 Å². The number of hydrogen-bond acceptors (Lipinski definition) is 4. The molecule has 0 radical (unpaired) electrons. The van der Waals surface area contributed by atoms with E-state index in [9.17, 15) is 0 Å². The van der Waals surface area contributed by atoms with Gasteiger partial charge in [-0.1, -0.05) is 31.3 Å². The highest BCUT2D eigenvalue weighted by molar-refractivity contribution is 5.07. The molecule has 5 unspecified atom stereocenters. The molecular formula is C17H27N3O. The van der Waals surface area contributed by atoms with E-state index in [0.717, 1.165) is 48.7 Å². The first kappa shape index (κ1) is 13.7. The zero-order valence-electron chi connectivity index (χ0n) is 13.1. The topological polar surface area (TPSA) is 64.9 Å². The van der Waals surface area contributed by atoms with Crippen molar-refractivity contribution in [2.24, 2.45) is 29.4 Å². The molecule has 3 fully saturated rings. The minimum atomic E-state index is -0.353. The molecule has 1 aromatic rings. The predicted octanol–water partition coefficient (Wildman–Crippen LogP) is 3.41. The lowest BCUT2D eigenvalue weighted by atomic mass is 9.76. The molecule has 116 valence electrons. The van der Waals surface area contributed by atoms with Gasteiger partial charge in [-0.3, -0.25) is 0 Å². The Morgan fingerprint density at radius 1 is 1.29 bits per heavy atom. The summed E-state index contributed by atoms with van der Waals surface area (Å²) in [5.41, 5.74) is 6.21. The van der Waals surface area contributed by atoms with Gasteiger partial charge in [0, 0.05) is 6.42 Å². The largest absolute Gasteiger partial charge is 0.339 e. The van der Waals surface area contributed by atoms with E-state index in [1.165, 1.54) is 38.5 Å². The molecule has 5 atom stereocenters. The molecule has 4 heteroatoms. The van der Waals surface area contributed by atoms with Crippen LogP contribution in [0.3, 0.4) is 0 Å². The standard InChI is InChI=1S/C17H27N3O/c1-11-3-2-6-17(18,10-11)16-19-15(21-20-16)9-14-8-12-4-5-13(14)7-12/h11-14H,2-10,18H2,1H3. The van der Waals surface area contributed by atoms with Crippen molar-refractivity contribution in [3.8, 4) is 0 Å². The first-order valence-corrected chi connectivity index (χ1v) is 8.74. The van der Waals surface area contributed by atoms with Crippen LogP contribution in [0.2, 0.25) is 0 Å². The lowest BCUT2D eigenvalue weighted by molar-refractivity contribution is 0.221. The minimum absolute atomic E-state index is 0.353. The first-order valence-electron chi connectivity index (χ1n) is 8.74. The van der Waals surface area contributed by atoms with E-state index in [1.807, 2.05) is 0 Å². The fourth-order valence-corrected chi connectivity index (χ4v) is 5.19. The molecule has 4 nitrogen and oxygen atoms in total. The van der Waals surface area contributed by atoms with Crippen LogP contribution in [-0.4, -0.2) is 10.1 Å². The molecule has 0 amide bonds. The van der Waals surface area contributed by atoms with Crippen LogP contribution in [0.25, 0.3) is 0 Å². The maximum Gasteiger partial charge on any atom is 0.227 e. The molecule has 0 spiro atoms. The molecule has 2 N–H and O–H groups in total. The van der Waals surface area contributed by atoms with Crippen LogP contribution in [0.1, 0.15) is 70.0 Å². The number of nitrogens with zero attached hydrogens (tertiary/aromatic N) is 2. The third-order valence-electron chi connectivity index (χ3n) is 6.27. The summed E-state index contributed by atoms with van der Waals surface area (Å²) in [6.07, 6.45) is 11.1. The summed E-state index contributed by atoms with van der Waals surface area (Å²) < 4.78 is 5.55.